The summed E-state index contributed by atoms with van der Waals surface area (Å²) in [4.78, 5) is 14.2. The lowest BCUT2D eigenvalue weighted by Gasteiger charge is -2.34. The summed E-state index contributed by atoms with van der Waals surface area (Å²) in [7, 11) is 0. The molecule has 0 aromatic carbocycles. The Balaban J connectivity index is 1.91. The van der Waals surface area contributed by atoms with E-state index in [-0.39, 0.29) is 5.92 Å². The van der Waals surface area contributed by atoms with Crippen LogP contribution in [0.15, 0.2) is 12.2 Å². The van der Waals surface area contributed by atoms with Gasteiger partial charge in [-0.15, -0.1) is 0 Å². The van der Waals surface area contributed by atoms with Crippen molar-refractivity contribution in [1.29, 1.82) is 0 Å². The lowest BCUT2D eigenvalue weighted by molar-refractivity contribution is -0.136. The predicted octanol–water partition coefficient (Wildman–Crippen LogP) is 1.16. The molecule has 84 valence electrons. The largest absolute Gasteiger partial charge is 0.340 e. The number of nitrogens with zero attached hydrogens (tertiary/aromatic N) is 1. The molecule has 1 fully saturated rings. The highest BCUT2D eigenvalue weighted by atomic mass is 16.2. The fourth-order valence-electron chi connectivity index (χ4n) is 2.41. The maximum absolute atomic E-state index is 12.2. The van der Waals surface area contributed by atoms with Gasteiger partial charge in [0.1, 0.15) is 0 Å². The molecule has 0 aromatic rings. The third-order valence-corrected chi connectivity index (χ3v) is 3.30. The number of nitrogens with one attached hydrogen (secondary N) is 1. The first-order chi connectivity index (χ1) is 7.27. The van der Waals surface area contributed by atoms with Gasteiger partial charge >= 0.3 is 0 Å². The number of carbonyl (C=O) groups excluding carboxylic acids is 1. The molecule has 0 radical (unpaired) electrons. The molecule has 1 N–H and O–H groups in total. The molecule has 0 saturated carbocycles. The number of carbonyl (C=O) groups is 1. The van der Waals surface area contributed by atoms with Gasteiger partial charge in [0.05, 0.1) is 0 Å². The van der Waals surface area contributed by atoms with Crippen molar-refractivity contribution >= 4 is 5.91 Å². The van der Waals surface area contributed by atoms with Crippen LogP contribution in [0.3, 0.4) is 0 Å². The van der Waals surface area contributed by atoms with E-state index in [1.165, 1.54) is 0 Å². The normalized spacial score (nSPS) is 31.7. The first kappa shape index (κ1) is 10.7. The van der Waals surface area contributed by atoms with Crippen LogP contribution in [-0.4, -0.2) is 36.5 Å². The standard InChI is InChI=1S/C12H20N2O/c1-10-9-14(8-7-13-10)12(15)11-5-3-2-4-6-11/h2-3,10-11,13H,4-9H2,1H3/t10-,11?/m0/s1. The summed E-state index contributed by atoms with van der Waals surface area (Å²) >= 11 is 0. The van der Waals surface area contributed by atoms with Gasteiger partial charge in [0.25, 0.3) is 0 Å². The van der Waals surface area contributed by atoms with E-state index in [1.807, 2.05) is 4.90 Å². The molecule has 0 spiro atoms. The van der Waals surface area contributed by atoms with Gasteiger partial charge in [-0.05, 0) is 26.2 Å². The zero-order chi connectivity index (χ0) is 10.7. The van der Waals surface area contributed by atoms with Crippen LogP contribution in [-0.2, 0) is 4.79 Å². The predicted molar refractivity (Wildman–Crippen MR) is 60.5 cm³/mol. The monoisotopic (exact) mass is 208 g/mol. The summed E-state index contributed by atoms with van der Waals surface area (Å²) in [6, 6.07) is 0.446. The zero-order valence-corrected chi connectivity index (χ0v) is 9.41. The van der Waals surface area contributed by atoms with Crippen LogP contribution in [0.2, 0.25) is 0 Å². The van der Waals surface area contributed by atoms with Crippen LogP contribution in [0, 0.1) is 5.92 Å². The highest BCUT2D eigenvalue weighted by molar-refractivity contribution is 5.79. The molecule has 1 unspecified atom stereocenters. The van der Waals surface area contributed by atoms with E-state index in [1.54, 1.807) is 0 Å². The van der Waals surface area contributed by atoms with Gasteiger partial charge < -0.3 is 10.2 Å². The van der Waals surface area contributed by atoms with Gasteiger partial charge in [0, 0.05) is 31.6 Å². The van der Waals surface area contributed by atoms with Crippen molar-refractivity contribution in [2.24, 2.45) is 5.92 Å². The molecule has 0 bridgehead atoms. The number of piperazine rings is 1. The number of amides is 1. The van der Waals surface area contributed by atoms with E-state index in [9.17, 15) is 4.79 Å². The van der Waals surface area contributed by atoms with Crippen LogP contribution in [0.5, 0.6) is 0 Å². The highest BCUT2D eigenvalue weighted by Crippen LogP contribution is 2.21. The van der Waals surface area contributed by atoms with Crippen molar-refractivity contribution in [2.75, 3.05) is 19.6 Å². The van der Waals surface area contributed by atoms with Crippen molar-refractivity contribution in [2.45, 2.75) is 32.2 Å². The molecule has 2 aliphatic rings. The van der Waals surface area contributed by atoms with Gasteiger partial charge in [0.2, 0.25) is 5.91 Å². The number of hydrogen-bond donors (Lipinski definition) is 1. The minimum absolute atomic E-state index is 0.250. The molecular weight excluding hydrogens is 188 g/mol. The molecule has 1 heterocycles. The number of allylic oxidation sites excluding steroid dienone is 2. The average Bonchev–Trinajstić information content (AvgIpc) is 2.29. The van der Waals surface area contributed by atoms with E-state index in [4.69, 9.17) is 0 Å². The van der Waals surface area contributed by atoms with Crippen LogP contribution < -0.4 is 5.32 Å². The first-order valence-corrected chi connectivity index (χ1v) is 5.94. The topological polar surface area (TPSA) is 32.3 Å². The second kappa shape index (κ2) is 4.79. The lowest BCUT2D eigenvalue weighted by atomic mass is 9.93. The summed E-state index contributed by atoms with van der Waals surface area (Å²) in [6.07, 6.45) is 7.38. The molecule has 2 atom stereocenters. The summed E-state index contributed by atoms with van der Waals surface area (Å²) in [6.45, 7) is 4.83. The van der Waals surface area contributed by atoms with Crippen molar-refractivity contribution < 1.29 is 4.79 Å². The van der Waals surface area contributed by atoms with E-state index in [0.29, 0.717) is 11.9 Å². The smallest absolute Gasteiger partial charge is 0.226 e. The molecule has 0 aromatic heterocycles. The lowest BCUT2D eigenvalue weighted by Crippen LogP contribution is -2.52. The second-order valence-corrected chi connectivity index (χ2v) is 4.62. The minimum atomic E-state index is 0.250. The third kappa shape index (κ3) is 2.59. The molecule has 1 aliphatic heterocycles. The van der Waals surface area contributed by atoms with Gasteiger partial charge in [-0.1, -0.05) is 12.2 Å². The zero-order valence-electron chi connectivity index (χ0n) is 9.41. The Kier molecular flexibility index (Phi) is 3.41. The molecule has 1 saturated heterocycles. The molecular formula is C12H20N2O. The molecule has 3 nitrogen and oxygen atoms in total. The number of hydrogen-bond acceptors (Lipinski definition) is 2. The fraction of sp³-hybridized carbons (Fsp3) is 0.750. The summed E-state index contributed by atoms with van der Waals surface area (Å²) < 4.78 is 0. The molecule has 15 heavy (non-hydrogen) atoms. The van der Waals surface area contributed by atoms with Crippen LogP contribution >= 0.6 is 0 Å². The fourth-order valence-corrected chi connectivity index (χ4v) is 2.41. The highest BCUT2D eigenvalue weighted by Gasteiger charge is 2.26. The summed E-state index contributed by atoms with van der Waals surface area (Å²) in [5.74, 6) is 0.619. The van der Waals surface area contributed by atoms with E-state index in [2.05, 4.69) is 24.4 Å². The molecule has 3 heteroatoms. The third-order valence-electron chi connectivity index (χ3n) is 3.30. The summed E-state index contributed by atoms with van der Waals surface area (Å²) in [5.41, 5.74) is 0. The van der Waals surface area contributed by atoms with Crippen LogP contribution in [0.1, 0.15) is 26.2 Å². The Morgan fingerprint density at radius 3 is 3.00 bits per heavy atom. The maximum Gasteiger partial charge on any atom is 0.226 e. The first-order valence-electron chi connectivity index (χ1n) is 5.94. The van der Waals surface area contributed by atoms with Crippen LogP contribution in [0.4, 0.5) is 0 Å². The number of rotatable bonds is 1. The van der Waals surface area contributed by atoms with Crippen molar-refractivity contribution in [3.8, 4) is 0 Å². The van der Waals surface area contributed by atoms with Crippen molar-refractivity contribution in [1.82, 2.24) is 10.2 Å². The second-order valence-electron chi connectivity index (χ2n) is 4.62. The Hall–Kier alpha value is -0.830. The van der Waals surface area contributed by atoms with Gasteiger partial charge in [0.15, 0.2) is 0 Å². The summed E-state index contributed by atoms with van der Waals surface area (Å²) in [5, 5.41) is 3.36. The van der Waals surface area contributed by atoms with Crippen LogP contribution in [0.25, 0.3) is 0 Å². The van der Waals surface area contributed by atoms with Gasteiger partial charge in [-0.2, -0.15) is 0 Å². The van der Waals surface area contributed by atoms with Crippen molar-refractivity contribution in [3.63, 3.8) is 0 Å². The Bertz CT molecular complexity index is 262. The van der Waals surface area contributed by atoms with E-state index >= 15 is 0 Å². The Morgan fingerprint density at radius 2 is 2.33 bits per heavy atom. The Labute approximate surface area is 91.5 Å². The van der Waals surface area contributed by atoms with Gasteiger partial charge in [-0.25, -0.2) is 0 Å². The quantitative estimate of drug-likeness (QED) is 0.656. The van der Waals surface area contributed by atoms with E-state index in [0.717, 1.165) is 38.9 Å². The molecule has 1 aliphatic carbocycles. The average molecular weight is 208 g/mol. The van der Waals surface area contributed by atoms with Crippen molar-refractivity contribution in [3.05, 3.63) is 12.2 Å². The SMILES string of the molecule is C[C@H]1CN(C(=O)C2CC=CCC2)CCN1. The molecule has 1 amide bonds. The van der Waals surface area contributed by atoms with Gasteiger partial charge in [-0.3, -0.25) is 4.79 Å². The molecule has 2 rings (SSSR count). The maximum atomic E-state index is 12.2. The minimum Gasteiger partial charge on any atom is -0.340 e. The van der Waals surface area contributed by atoms with E-state index < -0.39 is 0 Å². The Morgan fingerprint density at radius 1 is 1.47 bits per heavy atom.